The summed E-state index contributed by atoms with van der Waals surface area (Å²) in [6.45, 7) is 1.97. The predicted octanol–water partition coefficient (Wildman–Crippen LogP) is 5.27. The van der Waals surface area contributed by atoms with E-state index in [0.29, 0.717) is 5.69 Å². The molecule has 3 nitrogen and oxygen atoms in total. The summed E-state index contributed by atoms with van der Waals surface area (Å²) in [5.41, 5.74) is 2.27. The van der Waals surface area contributed by atoms with Gasteiger partial charge in [-0.2, -0.15) is 5.11 Å². The smallest absolute Gasteiger partial charge is 0.151 e. The van der Waals surface area contributed by atoms with Gasteiger partial charge >= 0.3 is 0 Å². The first kappa shape index (κ1) is 12.4. The Hall–Kier alpha value is -2.68. The monoisotopic (exact) mass is 262 g/mol. The zero-order chi connectivity index (χ0) is 13.9. The van der Waals surface area contributed by atoms with Crippen LogP contribution in [-0.2, 0) is 0 Å². The Kier molecular flexibility index (Phi) is 3.17. The number of phenolic OH excluding ortho intramolecular Hbond substituents is 1. The van der Waals surface area contributed by atoms with Gasteiger partial charge in [0.1, 0.15) is 5.69 Å². The van der Waals surface area contributed by atoms with Crippen molar-refractivity contribution in [3.8, 4) is 5.75 Å². The minimum absolute atomic E-state index is 0.181. The molecule has 0 amide bonds. The van der Waals surface area contributed by atoms with Crippen molar-refractivity contribution in [3.05, 3.63) is 66.2 Å². The average Bonchev–Trinajstić information content (AvgIpc) is 2.48. The Labute approximate surface area is 117 Å². The predicted molar refractivity (Wildman–Crippen MR) is 81.0 cm³/mol. The molecule has 0 aliphatic heterocycles. The van der Waals surface area contributed by atoms with Gasteiger partial charge in [-0.15, -0.1) is 5.11 Å². The molecule has 0 bridgehead atoms. The lowest BCUT2D eigenvalue weighted by atomic mass is 10.0. The van der Waals surface area contributed by atoms with Crippen molar-refractivity contribution >= 4 is 22.1 Å². The van der Waals surface area contributed by atoms with Crippen LogP contribution in [0.4, 0.5) is 11.4 Å². The van der Waals surface area contributed by atoms with Crippen molar-refractivity contribution in [2.24, 2.45) is 10.2 Å². The molecule has 3 rings (SSSR count). The second kappa shape index (κ2) is 5.13. The Morgan fingerprint density at radius 2 is 1.60 bits per heavy atom. The van der Waals surface area contributed by atoms with E-state index < -0.39 is 0 Å². The van der Waals surface area contributed by atoms with Gasteiger partial charge in [0.25, 0.3) is 0 Å². The molecule has 1 N–H and O–H groups in total. The Bertz CT molecular complexity index is 780. The fourth-order valence-corrected chi connectivity index (χ4v) is 2.22. The summed E-state index contributed by atoms with van der Waals surface area (Å²) >= 11 is 0. The van der Waals surface area contributed by atoms with Crippen LogP contribution >= 0.6 is 0 Å². The summed E-state index contributed by atoms with van der Waals surface area (Å²) in [5.74, 6) is 0.181. The van der Waals surface area contributed by atoms with Crippen molar-refractivity contribution < 1.29 is 5.11 Å². The standard InChI is InChI=1S/C17H14N2O/c1-12-6-5-7-13-10-11-15(17(20)16(12)13)19-18-14-8-3-2-4-9-14/h2-11,20H,1H3. The van der Waals surface area contributed by atoms with Gasteiger partial charge in [0, 0.05) is 5.39 Å². The van der Waals surface area contributed by atoms with E-state index in [1.165, 1.54) is 0 Å². The highest BCUT2D eigenvalue weighted by atomic mass is 16.3. The van der Waals surface area contributed by atoms with Crippen LogP contribution in [0.1, 0.15) is 5.56 Å². The lowest BCUT2D eigenvalue weighted by Gasteiger charge is -2.06. The molecule has 3 aromatic carbocycles. The SMILES string of the molecule is Cc1cccc2ccc(N=Nc3ccccc3)c(O)c12. The number of azo groups is 1. The molecule has 0 aliphatic carbocycles. The van der Waals surface area contributed by atoms with Crippen LogP contribution in [0.15, 0.2) is 70.9 Å². The summed E-state index contributed by atoms with van der Waals surface area (Å²) < 4.78 is 0. The van der Waals surface area contributed by atoms with Gasteiger partial charge in [-0.05, 0) is 36.1 Å². The number of rotatable bonds is 2. The second-order valence-corrected chi connectivity index (χ2v) is 4.64. The van der Waals surface area contributed by atoms with Crippen molar-refractivity contribution in [2.75, 3.05) is 0 Å². The van der Waals surface area contributed by atoms with Gasteiger partial charge in [-0.25, -0.2) is 0 Å². The third-order valence-corrected chi connectivity index (χ3v) is 3.23. The zero-order valence-electron chi connectivity index (χ0n) is 11.1. The molecular weight excluding hydrogens is 248 g/mol. The van der Waals surface area contributed by atoms with Crippen LogP contribution in [0.5, 0.6) is 5.75 Å². The molecule has 0 radical (unpaired) electrons. The minimum atomic E-state index is 0.181. The third kappa shape index (κ3) is 2.26. The number of aromatic hydroxyl groups is 1. The third-order valence-electron chi connectivity index (χ3n) is 3.23. The Morgan fingerprint density at radius 3 is 2.40 bits per heavy atom. The van der Waals surface area contributed by atoms with Crippen LogP contribution < -0.4 is 0 Å². The number of aryl methyl sites for hydroxylation is 1. The van der Waals surface area contributed by atoms with Gasteiger partial charge in [0.15, 0.2) is 5.75 Å². The van der Waals surface area contributed by atoms with E-state index in [0.717, 1.165) is 22.0 Å². The first-order valence-electron chi connectivity index (χ1n) is 6.44. The molecule has 0 unspecified atom stereocenters. The summed E-state index contributed by atoms with van der Waals surface area (Å²) in [6.07, 6.45) is 0. The molecule has 0 fully saturated rings. The van der Waals surface area contributed by atoms with Gasteiger partial charge in [0.2, 0.25) is 0 Å². The lowest BCUT2D eigenvalue weighted by Crippen LogP contribution is -1.79. The van der Waals surface area contributed by atoms with Crippen LogP contribution in [-0.4, -0.2) is 5.11 Å². The van der Waals surface area contributed by atoms with Crippen LogP contribution in [0.3, 0.4) is 0 Å². The molecule has 98 valence electrons. The quantitative estimate of drug-likeness (QED) is 0.628. The summed E-state index contributed by atoms with van der Waals surface area (Å²) in [7, 11) is 0. The highest BCUT2D eigenvalue weighted by Gasteiger charge is 2.07. The van der Waals surface area contributed by atoms with Crippen LogP contribution in [0.2, 0.25) is 0 Å². The molecule has 0 aromatic heterocycles. The molecule has 0 aliphatic rings. The van der Waals surface area contributed by atoms with E-state index in [-0.39, 0.29) is 5.75 Å². The van der Waals surface area contributed by atoms with Crippen LogP contribution in [0.25, 0.3) is 10.8 Å². The van der Waals surface area contributed by atoms with E-state index >= 15 is 0 Å². The minimum Gasteiger partial charge on any atom is -0.505 e. The van der Waals surface area contributed by atoms with E-state index in [2.05, 4.69) is 10.2 Å². The summed E-state index contributed by atoms with van der Waals surface area (Å²) in [5, 5.41) is 20.5. The maximum absolute atomic E-state index is 10.4. The summed E-state index contributed by atoms with van der Waals surface area (Å²) in [4.78, 5) is 0. The molecule has 0 spiro atoms. The lowest BCUT2D eigenvalue weighted by molar-refractivity contribution is 0.482. The zero-order valence-corrected chi connectivity index (χ0v) is 11.1. The average molecular weight is 262 g/mol. The number of nitrogens with zero attached hydrogens (tertiary/aromatic N) is 2. The second-order valence-electron chi connectivity index (χ2n) is 4.64. The number of phenols is 1. The van der Waals surface area contributed by atoms with Crippen molar-refractivity contribution in [1.82, 2.24) is 0 Å². The van der Waals surface area contributed by atoms with Crippen molar-refractivity contribution in [3.63, 3.8) is 0 Å². The molecule has 0 saturated heterocycles. The topological polar surface area (TPSA) is 45.0 Å². The molecule has 0 atom stereocenters. The van der Waals surface area contributed by atoms with Gasteiger partial charge in [-0.1, -0.05) is 42.5 Å². The molecule has 3 aromatic rings. The molecule has 0 saturated carbocycles. The molecule has 3 heteroatoms. The highest BCUT2D eigenvalue weighted by molar-refractivity contribution is 5.94. The fourth-order valence-electron chi connectivity index (χ4n) is 2.22. The maximum atomic E-state index is 10.4. The van der Waals surface area contributed by atoms with Gasteiger partial charge in [0.05, 0.1) is 5.69 Å². The number of hydrogen-bond acceptors (Lipinski definition) is 3. The molecular formula is C17H14N2O. The normalized spacial score (nSPS) is 11.2. The summed E-state index contributed by atoms with van der Waals surface area (Å²) in [6, 6.07) is 19.1. The van der Waals surface area contributed by atoms with E-state index in [1.54, 1.807) is 6.07 Å². The first-order valence-corrected chi connectivity index (χ1v) is 6.44. The van der Waals surface area contributed by atoms with E-state index in [4.69, 9.17) is 0 Å². The van der Waals surface area contributed by atoms with E-state index in [9.17, 15) is 5.11 Å². The fraction of sp³-hybridized carbons (Fsp3) is 0.0588. The Morgan fingerprint density at radius 1 is 0.800 bits per heavy atom. The van der Waals surface area contributed by atoms with Gasteiger partial charge < -0.3 is 5.11 Å². The van der Waals surface area contributed by atoms with Gasteiger partial charge in [-0.3, -0.25) is 0 Å². The maximum Gasteiger partial charge on any atom is 0.151 e. The largest absolute Gasteiger partial charge is 0.505 e. The molecule has 0 heterocycles. The Balaban J connectivity index is 2.07. The number of benzene rings is 3. The van der Waals surface area contributed by atoms with Crippen molar-refractivity contribution in [2.45, 2.75) is 6.92 Å². The number of fused-ring (bicyclic) bond motifs is 1. The molecule has 20 heavy (non-hydrogen) atoms. The van der Waals surface area contributed by atoms with Crippen LogP contribution in [0, 0.1) is 6.92 Å². The number of hydrogen-bond donors (Lipinski definition) is 1. The van der Waals surface area contributed by atoms with E-state index in [1.807, 2.05) is 61.5 Å². The highest BCUT2D eigenvalue weighted by Crippen LogP contribution is 2.37. The van der Waals surface area contributed by atoms with Crippen molar-refractivity contribution in [1.29, 1.82) is 0 Å². The first-order chi connectivity index (χ1) is 9.75.